The fourth-order valence-electron chi connectivity index (χ4n) is 6.25. The van der Waals surface area contributed by atoms with Gasteiger partial charge in [0.2, 0.25) is 5.91 Å². The zero-order chi connectivity index (χ0) is 26.3. The summed E-state index contributed by atoms with van der Waals surface area (Å²) in [4.78, 5) is 39.2. The van der Waals surface area contributed by atoms with E-state index in [0.717, 1.165) is 5.56 Å². The fourth-order valence-corrected chi connectivity index (χ4v) is 6.25. The van der Waals surface area contributed by atoms with Crippen molar-refractivity contribution in [3.05, 3.63) is 72.4 Å². The maximum absolute atomic E-state index is 14.0. The summed E-state index contributed by atoms with van der Waals surface area (Å²) in [5.41, 5.74) is -1.52. The Kier molecular flexibility index (Phi) is 7.08. The van der Waals surface area contributed by atoms with E-state index in [1.807, 2.05) is 30.3 Å². The summed E-state index contributed by atoms with van der Waals surface area (Å²) in [5, 5.41) is 25.4. The third-order valence-corrected chi connectivity index (χ3v) is 8.04. The zero-order valence-electron chi connectivity index (χ0n) is 21.0. The first-order chi connectivity index (χ1) is 17.0. The van der Waals surface area contributed by atoms with Crippen molar-refractivity contribution in [1.29, 1.82) is 0 Å². The first kappa shape index (κ1) is 26.0. The third-order valence-electron chi connectivity index (χ3n) is 8.04. The van der Waals surface area contributed by atoms with E-state index in [1.165, 1.54) is 26.0 Å². The van der Waals surface area contributed by atoms with Crippen LogP contribution in [0, 0.1) is 23.2 Å². The number of hydrogen-bond acceptors (Lipinski definition) is 6. The third kappa shape index (κ3) is 4.46. The molecule has 1 aromatic carbocycles. The van der Waals surface area contributed by atoms with Crippen molar-refractivity contribution < 1.29 is 29.3 Å². The Bertz CT molecular complexity index is 1110. The standard InChI is InChI=1S/C29H35NO6/c1-17-9-8-12-21-25(32)18(2)15-22-23(16-20-10-6-5-7-11-20)30-27(34)29(21,22)24(36-19(3)31)13-14-28(4,35)26(17)33/h5-8,10-14,17,21-25,32,35H,2,9,15-16H2,1,3-4H3,(H,30,34). The molecule has 3 aliphatic rings. The van der Waals surface area contributed by atoms with Crippen molar-refractivity contribution in [2.24, 2.45) is 23.2 Å². The molecule has 1 amide bonds. The maximum Gasteiger partial charge on any atom is 0.303 e. The van der Waals surface area contributed by atoms with Crippen molar-refractivity contribution >= 4 is 17.7 Å². The molecule has 1 heterocycles. The maximum atomic E-state index is 14.0. The molecule has 4 rings (SSSR count). The van der Waals surface area contributed by atoms with Crippen LogP contribution in [0.2, 0.25) is 0 Å². The molecule has 2 fully saturated rings. The van der Waals surface area contributed by atoms with Crippen LogP contribution in [0.1, 0.15) is 39.2 Å². The molecule has 7 nitrogen and oxygen atoms in total. The van der Waals surface area contributed by atoms with Crippen molar-refractivity contribution in [2.75, 3.05) is 0 Å². The van der Waals surface area contributed by atoms with Crippen molar-refractivity contribution in [3.63, 3.8) is 0 Å². The predicted octanol–water partition coefficient (Wildman–Crippen LogP) is 2.67. The minimum absolute atomic E-state index is 0.294. The Balaban J connectivity index is 1.90. The van der Waals surface area contributed by atoms with Gasteiger partial charge in [0.1, 0.15) is 17.1 Å². The van der Waals surface area contributed by atoms with Gasteiger partial charge in [0, 0.05) is 30.7 Å². The van der Waals surface area contributed by atoms with Gasteiger partial charge in [-0.1, -0.05) is 56.0 Å². The van der Waals surface area contributed by atoms with Gasteiger partial charge in [0.25, 0.3) is 0 Å². The number of amides is 1. The smallest absolute Gasteiger partial charge is 0.303 e. The Morgan fingerprint density at radius 1 is 1.22 bits per heavy atom. The number of rotatable bonds is 3. The summed E-state index contributed by atoms with van der Waals surface area (Å²) in [6.45, 7) is 8.50. The summed E-state index contributed by atoms with van der Waals surface area (Å²) in [6, 6.07) is 9.50. The zero-order valence-corrected chi connectivity index (χ0v) is 21.0. The highest BCUT2D eigenvalue weighted by atomic mass is 16.5. The van der Waals surface area contributed by atoms with E-state index < -0.39 is 41.0 Å². The molecule has 192 valence electrons. The van der Waals surface area contributed by atoms with Crippen LogP contribution in [0.5, 0.6) is 0 Å². The second-order valence-electron chi connectivity index (χ2n) is 10.6. The number of carbonyl (C=O) groups is 3. The minimum Gasteiger partial charge on any atom is -0.457 e. The molecule has 1 saturated heterocycles. The molecule has 0 bridgehead atoms. The van der Waals surface area contributed by atoms with Gasteiger partial charge >= 0.3 is 5.97 Å². The summed E-state index contributed by atoms with van der Waals surface area (Å²) in [6.07, 6.45) is 5.40. The van der Waals surface area contributed by atoms with E-state index in [0.29, 0.717) is 24.8 Å². The van der Waals surface area contributed by atoms with Crippen LogP contribution in [0.4, 0.5) is 0 Å². The Morgan fingerprint density at radius 2 is 1.92 bits per heavy atom. The first-order valence-electron chi connectivity index (χ1n) is 12.5. The van der Waals surface area contributed by atoms with E-state index >= 15 is 0 Å². The lowest BCUT2D eigenvalue weighted by atomic mass is 9.54. The topological polar surface area (TPSA) is 113 Å². The predicted molar refractivity (Wildman–Crippen MR) is 134 cm³/mol. The van der Waals surface area contributed by atoms with Gasteiger partial charge in [-0.25, -0.2) is 0 Å². The highest BCUT2D eigenvalue weighted by molar-refractivity contribution is 5.91. The molecule has 8 atom stereocenters. The number of ketones is 1. The van der Waals surface area contributed by atoms with Crippen LogP contribution < -0.4 is 5.32 Å². The lowest BCUT2D eigenvalue weighted by Gasteiger charge is -2.49. The number of Topliss-reactive ketones (excluding diaryl/α,β-unsaturated/α-hetero) is 1. The molecular formula is C29H35NO6. The summed E-state index contributed by atoms with van der Waals surface area (Å²) in [7, 11) is 0. The minimum atomic E-state index is -1.81. The summed E-state index contributed by atoms with van der Waals surface area (Å²) >= 11 is 0. The normalized spacial score (nSPS) is 38.5. The van der Waals surface area contributed by atoms with Gasteiger partial charge in [0.05, 0.1) is 6.10 Å². The monoisotopic (exact) mass is 493 g/mol. The second-order valence-corrected chi connectivity index (χ2v) is 10.6. The average Bonchev–Trinajstić information content (AvgIpc) is 3.09. The number of ether oxygens (including phenoxy) is 1. The van der Waals surface area contributed by atoms with E-state index in [4.69, 9.17) is 4.74 Å². The largest absolute Gasteiger partial charge is 0.457 e. The molecule has 1 aliphatic heterocycles. The average molecular weight is 494 g/mol. The van der Waals surface area contributed by atoms with Crippen LogP contribution >= 0.6 is 0 Å². The van der Waals surface area contributed by atoms with Gasteiger partial charge in [-0.05, 0) is 49.5 Å². The van der Waals surface area contributed by atoms with Crippen LogP contribution in [0.15, 0.2) is 66.8 Å². The van der Waals surface area contributed by atoms with E-state index in [1.54, 1.807) is 19.1 Å². The molecular weight excluding hydrogens is 458 g/mol. The van der Waals surface area contributed by atoms with Gasteiger partial charge in [-0.2, -0.15) is 0 Å². The number of aliphatic hydroxyl groups is 2. The molecule has 1 aromatic rings. The molecule has 1 saturated carbocycles. The molecule has 3 N–H and O–H groups in total. The highest BCUT2D eigenvalue weighted by Gasteiger charge is 2.67. The lowest BCUT2D eigenvalue weighted by molar-refractivity contribution is -0.163. The number of aliphatic hydroxyl groups excluding tert-OH is 1. The number of allylic oxidation sites excluding steroid dienone is 1. The highest BCUT2D eigenvalue weighted by Crippen LogP contribution is 2.56. The van der Waals surface area contributed by atoms with Gasteiger partial charge in [0.15, 0.2) is 5.78 Å². The van der Waals surface area contributed by atoms with Crippen LogP contribution in [-0.4, -0.2) is 51.7 Å². The van der Waals surface area contributed by atoms with Gasteiger partial charge in [-0.3, -0.25) is 14.4 Å². The van der Waals surface area contributed by atoms with Crippen molar-refractivity contribution in [2.45, 2.75) is 63.9 Å². The quantitative estimate of drug-likeness (QED) is 0.441. The number of esters is 1. The molecule has 1 spiro atoms. The number of carbonyl (C=O) groups excluding carboxylic acids is 3. The van der Waals surface area contributed by atoms with Gasteiger partial charge < -0.3 is 20.3 Å². The molecule has 0 radical (unpaired) electrons. The number of hydrogen-bond donors (Lipinski definition) is 3. The fraction of sp³-hybridized carbons (Fsp3) is 0.483. The molecule has 7 heteroatoms. The van der Waals surface area contributed by atoms with Crippen LogP contribution in [0.3, 0.4) is 0 Å². The Morgan fingerprint density at radius 3 is 2.58 bits per heavy atom. The van der Waals surface area contributed by atoms with E-state index in [2.05, 4.69) is 11.9 Å². The van der Waals surface area contributed by atoms with Crippen molar-refractivity contribution in [3.8, 4) is 0 Å². The molecule has 2 aliphatic carbocycles. The summed E-state index contributed by atoms with van der Waals surface area (Å²) in [5.74, 6) is -2.92. The number of nitrogens with one attached hydrogen (secondary N) is 1. The first-order valence-corrected chi connectivity index (χ1v) is 12.5. The lowest BCUT2D eigenvalue weighted by Crippen LogP contribution is -2.58. The molecule has 36 heavy (non-hydrogen) atoms. The second kappa shape index (κ2) is 9.79. The SMILES string of the molecule is C=C1CC2C(Cc3ccccc3)NC(=O)C23C(OC(C)=O)C=CC(C)(O)C(=O)C(C)CC=CC3C1O. The van der Waals surface area contributed by atoms with Crippen LogP contribution in [-0.2, 0) is 25.5 Å². The molecule has 8 unspecified atom stereocenters. The summed E-state index contributed by atoms with van der Waals surface area (Å²) < 4.78 is 5.76. The Hall–Kier alpha value is -3.03. The van der Waals surface area contributed by atoms with E-state index in [-0.39, 0.29) is 23.7 Å². The van der Waals surface area contributed by atoms with Gasteiger partial charge in [-0.15, -0.1) is 0 Å². The van der Waals surface area contributed by atoms with E-state index in [9.17, 15) is 24.6 Å². The Labute approximate surface area is 211 Å². The van der Waals surface area contributed by atoms with Crippen molar-refractivity contribution in [1.82, 2.24) is 5.32 Å². The molecule has 0 aromatic heterocycles. The number of benzene rings is 1. The van der Waals surface area contributed by atoms with Crippen LogP contribution in [0.25, 0.3) is 0 Å².